The van der Waals surface area contributed by atoms with Gasteiger partial charge in [-0.05, 0) is 24.8 Å². The van der Waals surface area contributed by atoms with Gasteiger partial charge in [0.05, 0.1) is 6.10 Å². The van der Waals surface area contributed by atoms with E-state index in [1.54, 1.807) is 6.92 Å². The lowest BCUT2D eigenvalue weighted by atomic mass is 9.90. The minimum absolute atomic E-state index is 0. The maximum atomic E-state index is 12.4. The molecular weight excluding hydrogens is 300 g/mol. The fourth-order valence-corrected chi connectivity index (χ4v) is 2.93. The second-order valence-electron chi connectivity index (χ2n) is 6.41. The topological polar surface area (TPSA) is 64.3 Å². The molecule has 22 heavy (non-hydrogen) atoms. The van der Waals surface area contributed by atoms with Crippen LogP contribution in [0.2, 0.25) is 0 Å². The van der Waals surface area contributed by atoms with E-state index in [0.29, 0.717) is 18.4 Å². The van der Waals surface area contributed by atoms with Crippen molar-refractivity contribution in [3.8, 4) is 0 Å². The number of nitrogens with two attached hydrogens (primary N) is 1. The largest absolute Gasteiger partial charge is 0.378 e. The highest BCUT2D eigenvalue weighted by atomic mass is 35.5. The number of hydrogen-bond acceptors (Lipinski definition) is 3. The minimum Gasteiger partial charge on any atom is -0.378 e. The van der Waals surface area contributed by atoms with Gasteiger partial charge in [-0.1, -0.05) is 44.2 Å². The van der Waals surface area contributed by atoms with Crippen molar-refractivity contribution in [3.05, 3.63) is 35.9 Å². The third kappa shape index (κ3) is 4.22. The van der Waals surface area contributed by atoms with Gasteiger partial charge in [-0.15, -0.1) is 12.4 Å². The standard InChI is InChI=1S/C17H26N2O2.ClH/c1-12(2)15-13(9-10-21-15)11-19-16(20)17(3,18)14-7-5-4-6-8-14;/h4-8,12-13,15H,9-11,18H2,1-3H3,(H,19,20);1H. The highest BCUT2D eigenvalue weighted by Gasteiger charge is 2.34. The molecule has 1 aliphatic heterocycles. The van der Waals surface area contributed by atoms with Crippen molar-refractivity contribution in [1.82, 2.24) is 5.32 Å². The number of ether oxygens (including phenoxy) is 1. The van der Waals surface area contributed by atoms with Gasteiger partial charge in [-0.25, -0.2) is 0 Å². The van der Waals surface area contributed by atoms with Crippen LogP contribution < -0.4 is 11.1 Å². The second kappa shape index (κ2) is 7.95. The average molecular weight is 327 g/mol. The first-order valence-corrected chi connectivity index (χ1v) is 7.67. The van der Waals surface area contributed by atoms with Crippen LogP contribution in [0, 0.1) is 11.8 Å². The van der Waals surface area contributed by atoms with Crippen molar-refractivity contribution in [2.45, 2.75) is 38.8 Å². The Labute approximate surface area is 139 Å². The van der Waals surface area contributed by atoms with Crippen LogP contribution in [0.3, 0.4) is 0 Å². The van der Waals surface area contributed by atoms with Gasteiger partial charge in [0.2, 0.25) is 5.91 Å². The lowest BCUT2D eigenvalue weighted by molar-refractivity contribution is -0.126. The Morgan fingerprint density at radius 2 is 2.05 bits per heavy atom. The summed E-state index contributed by atoms with van der Waals surface area (Å²) in [6, 6.07) is 9.48. The molecule has 1 fully saturated rings. The number of carbonyl (C=O) groups is 1. The fourth-order valence-electron chi connectivity index (χ4n) is 2.93. The predicted octanol–water partition coefficient (Wildman–Crippen LogP) is 2.46. The summed E-state index contributed by atoms with van der Waals surface area (Å²) >= 11 is 0. The molecule has 1 aromatic rings. The van der Waals surface area contributed by atoms with E-state index in [9.17, 15) is 4.79 Å². The van der Waals surface area contributed by atoms with Gasteiger partial charge >= 0.3 is 0 Å². The van der Waals surface area contributed by atoms with Crippen LogP contribution in [0.4, 0.5) is 0 Å². The number of halogens is 1. The Bertz CT molecular complexity index is 477. The van der Waals surface area contributed by atoms with Gasteiger partial charge in [-0.3, -0.25) is 4.79 Å². The first-order chi connectivity index (χ1) is 9.93. The third-order valence-corrected chi connectivity index (χ3v) is 4.29. The van der Waals surface area contributed by atoms with E-state index >= 15 is 0 Å². The molecule has 1 aliphatic rings. The molecule has 4 nitrogen and oxygen atoms in total. The molecule has 0 saturated carbocycles. The van der Waals surface area contributed by atoms with Crippen molar-refractivity contribution in [3.63, 3.8) is 0 Å². The van der Waals surface area contributed by atoms with Crippen molar-refractivity contribution in [2.24, 2.45) is 17.6 Å². The summed E-state index contributed by atoms with van der Waals surface area (Å²) in [4.78, 5) is 12.4. The molecule has 1 aromatic carbocycles. The first kappa shape index (κ1) is 18.9. The Morgan fingerprint density at radius 3 is 2.64 bits per heavy atom. The molecule has 1 amide bonds. The molecule has 0 aliphatic carbocycles. The Balaban J connectivity index is 0.00000242. The zero-order valence-corrected chi connectivity index (χ0v) is 14.4. The molecule has 0 aromatic heterocycles. The molecule has 3 atom stereocenters. The van der Waals surface area contributed by atoms with Gasteiger partial charge in [0, 0.05) is 19.1 Å². The zero-order valence-electron chi connectivity index (χ0n) is 13.5. The maximum absolute atomic E-state index is 12.4. The van der Waals surface area contributed by atoms with Crippen LogP contribution in [0.15, 0.2) is 30.3 Å². The van der Waals surface area contributed by atoms with Crippen LogP contribution in [-0.2, 0) is 15.1 Å². The van der Waals surface area contributed by atoms with Crippen LogP contribution >= 0.6 is 12.4 Å². The summed E-state index contributed by atoms with van der Waals surface area (Å²) in [7, 11) is 0. The second-order valence-corrected chi connectivity index (χ2v) is 6.41. The summed E-state index contributed by atoms with van der Waals surface area (Å²) < 4.78 is 5.75. The van der Waals surface area contributed by atoms with Crippen molar-refractivity contribution in [1.29, 1.82) is 0 Å². The molecule has 0 spiro atoms. The number of rotatable bonds is 5. The normalized spacial score (nSPS) is 23.7. The summed E-state index contributed by atoms with van der Waals surface area (Å²) in [5.41, 5.74) is 6.04. The van der Waals surface area contributed by atoms with Crippen LogP contribution in [0.25, 0.3) is 0 Å². The molecule has 3 N–H and O–H groups in total. The Hall–Kier alpha value is -1.10. The van der Waals surface area contributed by atoms with E-state index in [0.717, 1.165) is 18.6 Å². The lowest BCUT2D eigenvalue weighted by Gasteiger charge is -2.27. The van der Waals surface area contributed by atoms with Crippen molar-refractivity contribution in [2.75, 3.05) is 13.2 Å². The highest BCUT2D eigenvalue weighted by Crippen LogP contribution is 2.26. The summed E-state index contributed by atoms with van der Waals surface area (Å²) in [6.07, 6.45) is 1.22. The van der Waals surface area contributed by atoms with Gasteiger partial charge in [0.15, 0.2) is 0 Å². The zero-order chi connectivity index (χ0) is 15.5. The molecule has 3 unspecified atom stereocenters. The van der Waals surface area contributed by atoms with E-state index < -0.39 is 5.54 Å². The SMILES string of the molecule is CC(C)C1OCCC1CNC(=O)C(C)(N)c1ccccc1.Cl. The fraction of sp³-hybridized carbons (Fsp3) is 0.588. The lowest BCUT2D eigenvalue weighted by Crippen LogP contribution is -2.50. The number of nitrogens with one attached hydrogen (secondary N) is 1. The molecule has 1 saturated heterocycles. The van der Waals surface area contributed by atoms with Gasteiger partial charge in [-0.2, -0.15) is 0 Å². The van der Waals surface area contributed by atoms with Gasteiger partial charge < -0.3 is 15.8 Å². The molecule has 2 rings (SSSR count). The van der Waals surface area contributed by atoms with Crippen LogP contribution in [0.5, 0.6) is 0 Å². The first-order valence-electron chi connectivity index (χ1n) is 7.67. The third-order valence-electron chi connectivity index (χ3n) is 4.29. The Morgan fingerprint density at radius 1 is 1.41 bits per heavy atom. The summed E-state index contributed by atoms with van der Waals surface area (Å²) in [6.45, 7) is 7.47. The van der Waals surface area contributed by atoms with E-state index in [1.165, 1.54) is 0 Å². The van der Waals surface area contributed by atoms with E-state index in [4.69, 9.17) is 10.5 Å². The monoisotopic (exact) mass is 326 g/mol. The molecule has 0 radical (unpaired) electrons. The molecule has 1 heterocycles. The Kier molecular flexibility index (Phi) is 6.85. The summed E-state index contributed by atoms with van der Waals surface area (Å²) in [5.74, 6) is 0.705. The summed E-state index contributed by atoms with van der Waals surface area (Å²) in [5, 5.41) is 3.00. The molecular formula is C17H27ClN2O2. The van der Waals surface area contributed by atoms with Crippen molar-refractivity contribution >= 4 is 18.3 Å². The minimum atomic E-state index is -1.01. The molecule has 124 valence electrons. The molecule has 0 bridgehead atoms. The predicted molar refractivity (Wildman–Crippen MR) is 90.9 cm³/mol. The maximum Gasteiger partial charge on any atom is 0.244 e. The van der Waals surface area contributed by atoms with Crippen molar-refractivity contribution < 1.29 is 9.53 Å². The van der Waals surface area contributed by atoms with E-state index in [1.807, 2.05) is 30.3 Å². The molecule has 5 heteroatoms. The number of amides is 1. The average Bonchev–Trinajstić information content (AvgIpc) is 2.94. The van der Waals surface area contributed by atoms with E-state index in [2.05, 4.69) is 19.2 Å². The highest BCUT2D eigenvalue weighted by molar-refractivity contribution is 5.87. The van der Waals surface area contributed by atoms with Gasteiger partial charge in [0.1, 0.15) is 5.54 Å². The number of hydrogen-bond donors (Lipinski definition) is 2. The van der Waals surface area contributed by atoms with Crippen LogP contribution in [-0.4, -0.2) is 25.2 Å². The van der Waals surface area contributed by atoms with Crippen LogP contribution in [0.1, 0.15) is 32.8 Å². The van der Waals surface area contributed by atoms with Gasteiger partial charge in [0.25, 0.3) is 0 Å². The number of benzene rings is 1. The smallest absolute Gasteiger partial charge is 0.244 e. The quantitative estimate of drug-likeness (QED) is 0.873. The van der Waals surface area contributed by atoms with E-state index in [-0.39, 0.29) is 24.4 Å². The number of carbonyl (C=O) groups excluding carboxylic acids is 1.